The second kappa shape index (κ2) is 6.66. The summed E-state index contributed by atoms with van der Waals surface area (Å²) in [6.07, 6.45) is 1.87. The average Bonchev–Trinajstić information content (AvgIpc) is 2.45. The molecule has 1 saturated heterocycles. The van der Waals surface area contributed by atoms with Gasteiger partial charge in [0, 0.05) is 43.2 Å². The maximum atomic E-state index is 12.0. The summed E-state index contributed by atoms with van der Waals surface area (Å²) in [4.78, 5) is 14.4. The van der Waals surface area contributed by atoms with E-state index in [9.17, 15) is 4.79 Å². The molecule has 1 aliphatic heterocycles. The summed E-state index contributed by atoms with van der Waals surface area (Å²) in [6, 6.07) is 8.13. The van der Waals surface area contributed by atoms with E-state index in [1.165, 1.54) is 0 Å². The molecule has 108 valence electrons. The third-order valence-corrected chi connectivity index (χ3v) is 3.70. The van der Waals surface area contributed by atoms with Gasteiger partial charge in [-0.2, -0.15) is 5.10 Å². The molecule has 4 heteroatoms. The summed E-state index contributed by atoms with van der Waals surface area (Å²) >= 11 is 0. The minimum Gasteiger partial charge on any atom is -0.300 e. The molecule has 0 saturated carbocycles. The van der Waals surface area contributed by atoms with Crippen molar-refractivity contribution in [3.8, 4) is 0 Å². The van der Waals surface area contributed by atoms with Gasteiger partial charge in [-0.25, -0.2) is 5.43 Å². The Kier molecular flexibility index (Phi) is 4.90. The zero-order valence-electron chi connectivity index (χ0n) is 12.5. The van der Waals surface area contributed by atoms with E-state index in [4.69, 9.17) is 0 Å². The number of nitrogens with one attached hydrogen (secondary N) is 1. The molecule has 0 aromatic heterocycles. The van der Waals surface area contributed by atoms with E-state index in [0.717, 1.165) is 37.2 Å². The van der Waals surface area contributed by atoms with E-state index in [2.05, 4.69) is 29.3 Å². The number of carbonyl (C=O) groups is 1. The van der Waals surface area contributed by atoms with Crippen LogP contribution in [0.3, 0.4) is 0 Å². The first-order valence-corrected chi connectivity index (χ1v) is 7.23. The van der Waals surface area contributed by atoms with Crippen LogP contribution in [0, 0.1) is 6.92 Å². The molecule has 0 bridgehead atoms. The minimum atomic E-state index is -0.132. The first kappa shape index (κ1) is 14.7. The lowest BCUT2D eigenvalue weighted by molar-refractivity contribution is 0.0954. The Morgan fingerprint density at radius 3 is 2.60 bits per heavy atom. The van der Waals surface area contributed by atoms with E-state index in [1.54, 1.807) is 0 Å². The van der Waals surface area contributed by atoms with Crippen molar-refractivity contribution in [2.24, 2.45) is 5.10 Å². The zero-order valence-corrected chi connectivity index (χ0v) is 12.5. The predicted octanol–water partition coefficient (Wildman–Crippen LogP) is 2.59. The fraction of sp³-hybridized carbons (Fsp3) is 0.500. The predicted molar refractivity (Wildman–Crippen MR) is 82.0 cm³/mol. The van der Waals surface area contributed by atoms with Crippen LogP contribution in [0.1, 0.15) is 42.6 Å². The lowest BCUT2D eigenvalue weighted by Gasteiger charge is -2.30. The molecule has 1 fully saturated rings. The van der Waals surface area contributed by atoms with Gasteiger partial charge in [-0.3, -0.25) is 4.79 Å². The molecule has 1 heterocycles. The number of benzene rings is 1. The number of piperidine rings is 1. The van der Waals surface area contributed by atoms with Crippen molar-refractivity contribution in [1.82, 2.24) is 10.3 Å². The van der Waals surface area contributed by atoms with Crippen molar-refractivity contribution in [1.29, 1.82) is 0 Å². The van der Waals surface area contributed by atoms with Crippen LogP contribution in [-0.2, 0) is 0 Å². The largest absolute Gasteiger partial charge is 0.300 e. The van der Waals surface area contributed by atoms with Gasteiger partial charge in [0.2, 0.25) is 0 Å². The summed E-state index contributed by atoms with van der Waals surface area (Å²) in [5, 5.41) is 4.27. The number of aryl methyl sites for hydroxylation is 1. The van der Waals surface area contributed by atoms with E-state index < -0.39 is 0 Å². The van der Waals surface area contributed by atoms with Gasteiger partial charge < -0.3 is 4.90 Å². The Balaban J connectivity index is 1.89. The monoisotopic (exact) mass is 273 g/mol. The molecule has 1 aromatic rings. The smallest absolute Gasteiger partial charge is 0.271 e. The second-order valence-electron chi connectivity index (χ2n) is 5.62. The van der Waals surface area contributed by atoms with Gasteiger partial charge in [0.1, 0.15) is 0 Å². The van der Waals surface area contributed by atoms with Gasteiger partial charge in [0.15, 0.2) is 0 Å². The van der Waals surface area contributed by atoms with E-state index in [1.807, 2.05) is 31.2 Å². The van der Waals surface area contributed by atoms with Crippen LogP contribution in [0.15, 0.2) is 29.4 Å². The number of likely N-dealkylation sites (tertiary alicyclic amines) is 1. The topological polar surface area (TPSA) is 44.7 Å². The molecular formula is C16H23N3O. The molecule has 20 heavy (non-hydrogen) atoms. The molecule has 1 N–H and O–H groups in total. The lowest BCUT2D eigenvalue weighted by Crippen LogP contribution is -2.39. The Morgan fingerprint density at radius 1 is 1.30 bits per heavy atom. The molecule has 2 rings (SSSR count). The number of amides is 1. The summed E-state index contributed by atoms with van der Waals surface area (Å²) in [7, 11) is 0. The van der Waals surface area contributed by atoms with Crippen LogP contribution in [0.2, 0.25) is 0 Å². The van der Waals surface area contributed by atoms with Gasteiger partial charge in [-0.1, -0.05) is 17.7 Å². The summed E-state index contributed by atoms with van der Waals surface area (Å²) in [5.74, 6) is -0.132. The Labute approximate surface area is 120 Å². The van der Waals surface area contributed by atoms with Gasteiger partial charge in [0.25, 0.3) is 5.91 Å². The highest BCUT2D eigenvalue weighted by molar-refractivity contribution is 5.95. The first-order valence-electron chi connectivity index (χ1n) is 7.23. The number of carbonyl (C=O) groups excluding carboxylic acids is 1. The third-order valence-electron chi connectivity index (χ3n) is 3.70. The Hall–Kier alpha value is -1.68. The van der Waals surface area contributed by atoms with E-state index >= 15 is 0 Å². The van der Waals surface area contributed by atoms with Gasteiger partial charge in [0.05, 0.1) is 0 Å². The molecule has 0 radical (unpaired) electrons. The highest BCUT2D eigenvalue weighted by atomic mass is 16.2. The summed E-state index contributed by atoms with van der Waals surface area (Å²) in [6.45, 7) is 8.45. The van der Waals surface area contributed by atoms with Crippen molar-refractivity contribution in [3.63, 3.8) is 0 Å². The molecule has 0 spiro atoms. The maximum Gasteiger partial charge on any atom is 0.271 e. The molecule has 0 unspecified atom stereocenters. The Morgan fingerprint density at radius 2 is 2.00 bits per heavy atom. The number of hydrazone groups is 1. The van der Waals surface area contributed by atoms with Crippen LogP contribution >= 0.6 is 0 Å². The fourth-order valence-electron chi connectivity index (χ4n) is 2.39. The van der Waals surface area contributed by atoms with E-state index in [0.29, 0.717) is 11.6 Å². The van der Waals surface area contributed by atoms with Crippen LogP contribution in [0.4, 0.5) is 0 Å². The van der Waals surface area contributed by atoms with Crippen molar-refractivity contribution in [2.75, 3.05) is 13.1 Å². The van der Waals surface area contributed by atoms with Gasteiger partial charge in [-0.05, 0) is 32.9 Å². The normalized spacial score (nSPS) is 16.3. The third kappa shape index (κ3) is 3.90. The Bertz CT molecular complexity index is 498. The van der Waals surface area contributed by atoms with E-state index in [-0.39, 0.29) is 5.91 Å². The SMILES string of the molecule is Cc1cccc(C(=O)NN=C2CCN(C(C)C)CC2)c1. The van der Waals surface area contributed by atoms with Gasteiger partial charge >= 0.3 is 0 Å². The minimum absolute atomic E-state index is 0.132. The molecule has 1 aromatic carbocycles. The molecule has 4 nitrogen and oxygen atoms in total. The fourth-order valence-corrected chi connectivity index (χ4v) is 2.39. The van der Waals surface area contributed by atoms with Crippen molar-refractivity contribution < 1.29 is 4.79 Å². The zero-order chi connectivity index (χ0) is 14.5. The summed E-state index contributed by atoms with van der Waals surface area (Å²) in [5.41, 5.74) is 5.50. The van der Waals surface area contributed by atoms with Crippen molar-refractivity contribution in [2.45, 2.75) is 39.7 Å². The van der Waals surface area contributed by atoms with Crippen molar-refractivity contribution in [3.05, 3.63) is 35.4 Å². The molecular weight excluding hydrogens is 250 g/mol. The summed E-state index contributed by atoms with van der Waals surface area (Å²) < 4.78 is 0. The highest BCUT2D eigenvalue weighted by Gasteiger charge is 2.17. The molecule has 1 amide bonds. The van der Waals surface area contributed by atoms with Crippen LogP contribution in [-0.4, -0.2) is 35.7 Å². The standard InChI is InChI=1S/C16H23N3O/c1-12(2)19-9-7-15(8-10-19)17-18-16(20)14-6-4-5-13(3)11-14/h4-6,11-12H,7-10H2,1-3H3,(H,18,20). The number of hydrogen-bond donors (Lipinski definition) is 1. The average molecular weight is 273 g/mol. The number of nitrogens with zero attached hydrogens (tertiary/aromatic N) is 2. The number of hydrogen-bond acceptors (Lipinski definition) is 3. The van der Waals surface area contributed by atoms with Crippen molar-refractivity contribution >= 4 is 11.6 Å². The number of rotatable bonds is 3. The highest BCUT2D eigenvalue weighted by Crippen LogP contribution is 2.10. The maximum absolute atomic E-state index is 12.0. The lowest BCUT2D eigenvalue weighted by atomic mass is 10.1. The second-order valence-corrected chi connectivity index (χ2v) is 5.62. The molecule has 0 aliphatic carbocycles. The molecule has 1 aliphatic rings. The quantitative estimate of drug-likeness (QED) is 0.860. The van der Waals surface area contributed by atoms with Crippen LogP contribution in [0.5, 0.6) is 0 Å². The van der Waals surface area contributed by atoms with Gasteiger partial charge in [-0.15, -0.1) is 0 Å². The first-order chi connectivity index (χ1) is 9.56. The molecule has 0 atom stereocenters. The van der Waals surface area contributed by atoms with Crippen LogP contribution in [0.25, 0.3) is 0 Å². The van der Waals surface area contributed by atoms with Crippen LogP contribution < -0.4 is 5.43 Å².